The Labute approximate surface area is 319 Å². The van der Waals surface area contributed by atoms with Gasteiger partial charge in [-0.3, -0.25) is 4.57 Å². The Balaban J connectivity index is 1.29. The number of rotatable bonds is 7. The van der Waals surface area contributed by atoms with E-state index in [-0.39, 0.29) is 0 Å². The first-order valence-corrected chi connectivity index (χ1v) is 18.5. The van der Waals surface area contributed by atoms with E-state index in [0.29, 0.717) is 17.6 Å². The van der Waals surface area contributed by atoms with Crippen LogP contribution in [0, 0.1) is 0 Å². The minimum Gasteiger partial charge on any atom is -0.278 e. The van der Waals surface area contributed by atoms with Crippen molar-refractivity contribution < 1.29 is 0 Å². The summed E-state index contributed by atoms with van der Waals surface area (Å²) in [5.41, 5.74) is 13.1. The second kappa shape index (κ2) is 13.8. The van der Waals surface area contributed by atoms with E-state index in [2.05, 4.69) is 187 Å². The molecule has 0 aliphatic rings. The highest BCUT2D eigenvalue weighted by Crippen LogP contribution is 2.44. The fourth-order valence-corrected chi connectivity index (χ4v) is 7.69. The summed E-state index contributed by atoms with van der Waals surface area (Å²) >= 11 is 0. The van der Waals surface area contributed by atoms with Gasteiger partial charge in [-0.2, -0.15) is 9.97 Å². The quantitative estimate of drug-likeness (QED) is 0.166. The first kappa shape index (κ1) is 32.2. The standard InChI is InChI=1S/C51H34N4/c1-5-18-35(19-6-1)39-26-17-27-40(32-39)50-52-49(38-24-11-4-12-25-38)53-51(54-50)55-46-31-16-15-30-44(46)48-45(33-41(34-47(48)55)36-20-7-2-8-21-36)43-29-14-13-28-42(43)37-22-9-3-10-23-37/h1-34H. The number of nitrogens with zero attached hydrogens (tertiary/aromatic N) is 4. The minimum atomic E-state index is 0.563. The number of benzene rings is 8. The van der Waals surface area contributed by atoms with Crippen molar-refractivity contribution in [1.82, 2.24) is 19.5 Å². The third-order valence-corrected chi connectivity index (χ3v) is 10.3. The molecule has 258 valence electrons. The van der Waals surface area contributed by atoms with Crippen LogP contribution in [0.1, 0.15) is 0 Å². The van der Waals surface area contributed by atoms with Gasteiger partial charge < -0.3 is 0 Å². The molecule has 0 aliphatic heterocycles. The summed E-state index contributed by atoms with van der Waals surface area (Å²) in [5.74, 6) is 1.79. The predicted molar refractivity (Wildman–Crippen MR) is 227 cm³/mol. The van der Waals surface area contributed by atoms with E-state index >= 15 is 0 Å². The van der Waals surface area contributed by atoms with E-state index < -0.39 is 0 Å². The molecule has 0 saturated carbocycles. The van der Waals surface area contributed by atoms with Gasteiger partial charge in [-0.15, -0.1) is 0 Å². The van der Waals surface area contributed by atoms with Gasteiger partial charge >= 0.3 is 0 Å². The molecule has 0 fully saturated rings. The largest absolute Gasteiger partial charge is 0.278 e. The monoisotopic (exact) mass is 702 g/mol. The molecule has 0 radical (unpaired) electrons. The highest BCUT2D eigenvalue weighted by atomic mass is 15.2. The lowest BCUT2D eigenvalue weighted by Crippen LogP contribution is -2.06. The van der Waals surface area contributed by atoms with Gasteiger partial charge in [-0.1, -0.05) is 182 Å². The van der Waals surface area contributed by atoms with Crippen LogP contribution < -0.4 is 0 Å². The molecule has 0 spiro atoms. The van der Waals surface area contributed by atoms with E-state index in [1.807, 2.05) is 24.3 Å². The predicted octanol–water partition coefficient (Wildman–Crippen LogP) is 13.0. The fourth-order valence-electron chi connectivity index (χ4n) is 7.69. The molecule has 0 aliphatic carbocycles. The molecule has 0 saturated heterocycles. The third-order valence-electron chi connectivity index (χ3n) is 10.3. The first-order valence-electron chi connectivity index (χ1n) is 18.5. The summed E-state index contributed by atoms with van der Waals surface area (Å²) < 4.78 is 2.23. The van der Waals surface area contributed by atoms with Crippen molar-refractivity contribution >= 4 is 21.8 Å². The lowest BCUT2D eigenvalue weighted by Gasteiger charge is -2.15. The lowest BCUT2D eigenvalue weighted by molar-refractivity contribution is 0.953. The van der Waals surface area contributed by atoms with E-state index in [1.54, 1.807) is 0 Å². The molecule has 0 amide bonds. The van der Waals surface area contributed by atoms with Gasteiger partial charge in [0.2, 0.25) is 5.95 Å². The smallest absolute Gasteiger partial charge is 0.238 e. The van der Waals surface area contributed by atoms with Gasteiger partial charge in [0, 0.05) is 21.9 Å². The fraction of sp³-hybridized carbons (Fsp3) is 0. The molecular weight excluding hydrogens is 669 g/mol. The van der Waals surface area contributed by atoms with E-state index in [1.165, 1.54) is 16.7 Å². The zero-order valence-corrected chi connectivity index (χ0v) is 29.9. The second-order valence-electron chi connectivity index (χ2n) is 13.6. The van der Waals surface area contributed by atoms with Crippen LogP contribution in [-0.2, 0) is 0 Å². The topological polar surface area (TPSA) is 43.6 Å². The maximum Gasteiger partial charge on any atom is 0.238 e. The van der Waals surface area contributed by atoms with Gasteiger partial charge in [0.1, 0.15) is 0 Å². The molecular formula is C51H34N4. The Morgan fingerprint density at radius 2 is 0.800 bits per heavy atom. The lowest BCUT2D eigenvalue weighted by atomic mass is 9.89. The van der Waals surface area contributed by atoms with E-state index in [9.17, 15) is 0 Å². The maximum atomic E-state index is 5.32. The average Bonchev–Trinajstić information content (AvgIpc) is 3.61. The number of aromatic nitrogens is 4. The molecule has 0 bridgehead atoms. The summed E-state index contributed by atoms with van der Waals surface area (Å²) in [6.07, 6.45) is 0. The molecule has 10 aromatic rings. The van der Waals surface area contributed by atoms with Crippen molar-refractivity contribution in [2.24, 2.45) is 0 Å². The molecule has 0 unspecified atom stereocenters. The molecule has 0 N–H and O–H groups in total. The van der Waals surface area contributed by atoms with Crippen molar-refractivity contribution in [3.05, 3.63) is 206 Å². The Morgan fingerprint density at radius 1 is 0.291 bits per heavy atom. The SMILES string of the molecule is c1ccc(-c2cccc(-c3nc(-c4ccccc4)nc(-n4c5ccccc5c5c(-c6ccccc6-c6ccccc6)cc(-c6ccccc6)cc54)n3)c2)cc1. The highest BCUT2D eigenvalue weighted by molar-refractivity contribution is 6.17. The molecule has 8 aromatic carbocycles. The van der Waals surface area contributed by atoms with Gasteiger partial charge in [-0.25, -0.2) is 4.98 Å². The summed E-state index contributed by atoms with van der Waals surface area (Å²) in [6, 6.07) is 72.3. The molecule has 4 heteroatoms. The number of hydrogen-bond donors (Lipinski definition) is 0. The average molecular weight is 703 g/mol. The number of hydrogen-bond acceptors (Lipinski definition) is 3. The van der Waals surface area contributed by atoms with Crippen LogP contribution in [0.5, 0.6) is 0 Å². The van der Waals surface area contributed by atoms with Crippen molar-refractivity contribution in [3.8, 4) is 73.2 Å². The van der Waals surface area contributed by atoms with E-state index in [4.69, 9.17) is 15.0 Å². The van der Waals surface area contributed by atoms with Gasteiger partial charge in [0.15, 0.2) is 11.6 Å². The highest BCUT2D eigenvalue weighted by Gasteiger charge is 2.22. The zero-order chi connectivity index (χ0) is 36.6. The minimum absolute atomic E-state index is 0.563. The van der Waals surface area contributed by atoms with Crippen molar-refractivity contribution in [1.29, 1.82) is 0 Å². The van der Waals surface area contributed by atoms with Crippen LogP contribution in [-0.4, -0.2) is 19.5 Å². The van der Waals surface area contributed by atoms with E-state index in [0.717, 1.165) is 60.8 Å². The first-order chi connectivity index (χ1) is 27.3. The summed E-state index contributed by atoms with van der Waals surface area (Å²) in [7, 11) is 0. The Morgan fingerprint density at radius 3 is 1.49 bits per heavy atom. The van der Waals surface area contributed by atoms with Gasteiger partial charge in [0.05, 0.1) is 11.0 Å². The van der Waals surface area contributed by atoms with Crippen molar-refractivity contribution in [2.75, 3.05) is 0 Å². The summed E-state index contributed by atoms with van der Waals surface area (Å²) in [6.45, 7) is 0. The number of para-hydroxylation sites is 1. The van der Waals surface area contributed by atoms with Crippen LogP contribution in [0.2, 0.25) is 0 Å². The maximum absolute atomic E-state index is 5.32. The third kappa shape index (κ3) is 5.96. The van der Waals surface area contributed by atoms with Crippen LogP contribution in [0.4, 0.5) is 0 Å². The van der Waals surface area contributed by atoms with Crippen molar-refractivity contribution in [2.45, 2.75) is 0 Å². The normalized spacial score (nSPS) is 11.3. The molecule has 2 aromatic heterocycles. The van der Waals surface area contributed by atoms with Gasteiger partial charge in [-0.05, 0) is 68.8 Å². The molecule has 10 rings (SSSR count). The Kier molecular flexibility index (Phi) is 8.12. The van der Waals surface area contributed by atoms with Crippen LogP contribution >= 0.6 is 0 Å². The summed E-state index contributed by atoms with van der Waals surface area (Å²) in [5, 5.41) is 2.28. The second-order valence-corrected chi connectivity index (χ2v) is 13.6. The van der Waals surface area contributed by atoms with Crippen LogP contribution in [0.25, 0.3) is 95.0 Å². The number of fused-ring (bicyclic) bond motifs is 3. The van der Waals surface area contributed by atoms with Gasteiger partial charge in [0.25, 0.3) is 0 Å². The summed E-state index contributed by atoms with van der Waals surface area (Å²) in [4.78, 5) is 15.7. The Hall–Kier alpha value is -7.43. The molecule has 2 heterocycles. The van der Waals surface area contributed by atoms with Crippen LogP contribution in [0.15, 0.2) is 206 Å². The van der Waals surface area contributed by atoms with Crippen LogP contribution in [0.3, 0.4) is 0 Å². The zero-order valence-electron chi connectivity index (χ0n) is 29.9. The molecule has 4 nitrogen and oxygen atoms in total. The Bertz CT molecular complexity index is 2950. The molecule has 55 heavy (non-hydrogen) atoms. The van der Waals surface area contributed by atoms with Crippen molar-refractivity contribution in [3.63, 3.8) is 0 Å². The molecule has 0 atom stereocenters.